The van der Waals surface area contributed by atoms with Crippen LogP contribution < -0.4 is 5.32 Å². The molecule has 0 atom stereocenters. The van der Waals surface area contributed by atoms with E-state index in [-0.39, 0.29) is 5.91 Å². The van der Waals surface area contributed by atoms with E-state index in [4.69, 9.17) is 0 Å². The maximum Gasteiger partial charge on any atom is 0.255 e. The number of hydrogen-bond acceptors (Lipinski definition) is 2. The van der Waals surface area contributed by atoms with E-state index in [9.17, 15) is 4.79 Å². The molecule has 114 valence electrons. The lowest BCUT2D eigenvalue weighted by molar-refractivity contribution is 0.0718. The quantitative estimate of drug-likeness (QED) is 0.838. The number of anilines is 1. The molecule has 1 aromatic rings. The first kappa shape index (κ1) is 14.4. The van der Waals surface area contributed by atoms with Crippen LogP contribution in [-0.4, -0.2) is 30.4 Å². The lowest BCUT2D eigenvalue weighted by Gasteiger charge is -2.29. The van der Waals surface area contributed by atoms with Gasteiger partial charge in [0.1, 0.15) is 0 Å². The van der Waals surface area contributed by atoms with Crippen LogP contribution in [0.4, 0.5) is 5.69 Å². The average Bonchev–Trinajstić information content (AvgIpc) is 2.82. The Labute approximate surface area is 127 Å². The Hall–Kier alpha value is -1.51. The Bertz CT molecular complexity index is 504. The maximum absolute atomic E-state index is 12.9. The normalized spacial score (nSPS) is 19.3. The number of carbonyl (C=O) groups is 1. The fraction of sp³-hybridized carbons (Fsp3) is 0.611. The highest BCUT2D eigenvalue weighted by Gasteiger charge is 2.25. The Kier molecular flexibility index (Phi) is 4.47. The zero-order chi connectivity index (χ0) is 14.7. The van der Waals surface area contributed by atoms with Gasteiger partial charge in [0.05, 0.1) is 11.3 Å². The second-order valence-electron chi connectivity index (χ2n) is 6.43. The van der Waals surface area contributed by atoms with Gasteiger partial charge in [0, 0.05) is 19.6 Å². The Morgan fingerprint density at radius 1 is 1.14 bits per heavy atom. The van der Waals surface area contributed by atoms with Crippen LogP contribution >= 0.6 is 0 Å². The predicted octanol–water partition coefficient (Wildman–Crippen LogP) is 3.84. The Morgan fingerprint density at radius 2 is 1.90 bits per heavy atom. The van der Waals surface area contributed by atoms with Gasteiger partial charge in [-0.25, -0.2) is 0 Å². The summed E-state index contributed by atoms with van der Waals surface area (Å²) in [6.45, 7) is 0.977. The van der Waals surface area contributed by atoms with Crippen LogP contribution in [0.15, 0.2) is 18.2 Å². The molecule has 1 amide bonds. The van der Waals surface area contributed by atoms with E-state index in [0.29, 0.717) is 6.04 Å². The third-order valence-electron chi connectivity index (χ3n) is 5.00. The number of nitrogens with one attached hydrogen (secondary N) is 1. The molecule has 0 saturated heterocycles. The first-order valence-electron chi connectivity index (χ1n) is 8.40. The number of fused-ring (bicyclic) bond motifs is 1. The minimum absolute atomic E-state index is 0.188. The standard InChI is InChI=1S/C18H26N2O/c1-20(15-10-4-2-3-5-11-15)18(21)16-12-6-8-14-9-7-13-19-17(14)16/h6,8,12,15,19H,2-5,7,9-11,13H2,1H3. The lowest BCUT2D eigenvalue weighted by atomic mass is 9.98. The van der Waals surface area contributed by atoms with Crippen molar-refractivity contribution in [2.24, 2.45) is 0 Å². The monoisotopic (exact) mass is 286 g/mol. The van der Waals surface area contributed by atoms with E-state index in [1.807, 2.05) is 24.1 Å². The largest absolute Gasteiger partial charge is 0.384 e. The van der Waals surface area contributed by atoms with Gasteiger partial charge in [0.25, 0.3) is 5.91 Å². The van der Waals surface area contributed by atoms with E-state index < -0.39 is 0 Å². The number of carbonyl (C=O) groups excluding carboxylic acids is 1. The van der Waals surface area contributed by atoms with Crippen molar-refractivity contribution in [3.8, 4) is 0 Å². The number of hydrogen-bond donors (Lipinski definition) is 1. The molecule has 1 fully saturated rings. The summed E-state index contributed by atoms with van der Waals surface area (Å²) in [6.07, 6.45) is 9.71. The van der Waals surface area contributed by atoms with E-state index in [2.05, 4.69) is 11.4 Å². The summed E-state index contributed by atoms with van der Waals surface area (Å²) in [5.74, 6) is 0.188. The minimum atomic E-state index is 0.188. The molecule has 0 aromatic heterocycles. The topological polar surface area (TPSA) is 32.3 Å². The highest BCUT2D eigenvalue weighted by atomic mass is 16.2. The number of amides is 1. The van der Waals surface area contributed by atoms with Crippen LogP contribution in [0.3, 0.4) is 0 Å². The molecule has 1 aromatic carbocycles. The highest BCUT2D eigenvalue weighted by Crippen LogP contribution is 2.29. The van der Waals surface area contributed by atoms with Crippen LogP contribution in [0, 0.1) is 0 Å². The Morgan fingerprint density at radius 3 is 2.67 bits per heavy atom. The first-order chi connectivity index (χ1) is 10.3. The second-order valence-corrected chi connectivity index (χ2v) is 6.43. The molecule has 1 saturated carbocycles. The van der Waals surface area contributed by atoms with Crippen molar-refractivity contribution < 1.29 is 4.79 Å². The third kappa shape index (κ3) is 3.07. The summed E-state index contributed by atoms with van der Waals surface area (Å²) in [7, 11) is 1.99. The fourth-order valence-electron chi connectivity index (χ4n) is 3.69. The van der Waals surface area contributed by atoms with Crippen LogP contribution in [-0.2, 0) is 6.42 Å². The van der Waals surface area contributed by atoms with Crippen LogP contribution in [0.2, 0.25) is 0 Å². The molecule has 1 N–H and O–H groups in total. The number of aryl methyl sites for hydroxylation is 1. The van der Waals surface area contributed by atoms with Crippen molar-refractivity contribution in [2.45, 2.75) is 57.4 Å². The molecule has 1 heterocycles. The average molecular weight is 286 g/mol. The summed E-state index contributed by atoms with van der Waals surface area (Å²) in [5, 5.41) is 3.43. The summed E-state index contributed by atoms with van der Waals surface area (Å²) in [5.41, 5.74) is 3.23. The fourth-order valence-corrected chi connectivity index (χ4v) is 3.69. The van der Waals surface area contributed by atoms with Gasteiger partial charge in [-0.3, -0.25) is 4.79 Å². The van der Waals surface area contributed by atoms with Crippen molar-refractivity contribution in [3.05, 3.63) is 29.3 Å². The van der Waals surface area contributed by atoms with Crippen molar-refractivity contribution in [1.29, 1.82) is 0 Å². The van der Waals surface area contributed by atoms with Crippen LogP contribution in [0.1, 0.15) is 60.9 Å². The first-order valence-corrected chi connectivity index (χ1v) is 8.40. The van der Waals surface area contributed by atoms with Gasteiger partial charge in [-0.05, 0) is 37.3 Å². The SMILES string of the molecule is CN(C(=O)c1cccc2c1NCCC2)C1CCCCCC1. The van der Waals surface area contributed by atoms with Gasteiger partial charge in [0.15, 0.2) is 0 Å². The van der Waals surface area contributed by atoms with E-state index in [1.54, 1.807) is 0 Å². The Balaban J connectivity index is 1.81. The zero-order valence-electron chi connectivity index (χ0n) is 13.0. The summed E-state index contributed by atoms with van der Waals surface area (Å²) in [6, 6.07) is 6.57. The highest BCUT2D eigenvalue weighted by molar-refractivity contribution is 6.00. The molecule has 1 aliphatic heterocycles. The number of rotatable bonds is 2. The van der Waals surface area contributed by atoms with Gasteiger partial charge in [-0.1, -0.05) is 37.8 Å². The molecule has 2 aliphatic rings. The molecule has 21 heavy (non-hydrogen) atoms. The molecule has 0 unspecified atom stereocenters. The van der Waals surface area contributed by atoms with Crippen molar-refractivity contribution in [1.82, 2.24) is 4.90 Å². The molecular formula is C18H26N2O. The van der Waals surface area contributed by atoms with Crippen molar-refractivity contribution >= 4 is 11.6 Å². The van der Waals surface area contributed by atoms with E-state index >= 15 is 0 Å². The molecule has 1 aliphatic carbocycles. The summed E-state index contributed by atoms with van der Waals surface area (Å²) >= 11 is 0. The van der Waals surface area contributed by atoms with Crippen LogP contribution in [0.25, 0.3) is 0 Å². The molecule has 3 nitrogen and oxygen atoms in total. The zero-order valence-corrected chi connectivity index (χ0v) is 13.0. The number of benzene rings is 1. The maximum atomic E-state index is 12.9. The van der Waals surface area contributed by atoms with Gasteiger partial charge in [-0.15, -0.1) is 0 Å². The lowest BCUT2D eigenvalue weighted by Crippen LogP contribution is -2.37. The smallest absolute Gasteiger partial charge is 0.255 e. The van der Waals surface area contributed by atoms with Gasteiger partial charge in [0.2, 0.25) is 0 Å². The molecule has 0 radical (unpaired) electrons. The molecule has 3 rings (SSSR count). The summed E-state index contributed by atoms with van der Waals surface area (Å²) < 4.78 is 0. The van der Waals surface area contributed by atoms with E-state index in [1.165, 1.54) is 31.2 Å². The molecule has 3 heteroatoms. The predicted molar refractivity (Wildman–Crippen MR) is 86.8 cm³/mol. The third-order valence-corrected chi connectivity index (χ3v) is 5.00. The van der Waals surface area contributed by atoms with Crippen molar-refractivity contribution in [3.63, 3.8) is 0 Å². The van der Waals surface area contributed by atoms with Gasteiger partial charge in [-0.2, -0.15) is 0 Å². The molecule has 0 bridgehead atoms. The summed E-state index contributed by atoms with van der Waals surface area (Å²) in [4.78, 5) is 14.9. The van der Waals surface area contributed by atoms with Gasteiger partial charge < -0.3 is 10.2 Å². The molecular weight excluding hydrogens is 260 g/mol. The number of para-hydroxylation sites is 1. The minimum Gasteiger partial charge on any atom is -0.384 e. The van der Waals surface area contributed by atoms with Gasteiger partial charge >= 0.3 is 0 Å². The number of nitrogens with zero attached hydrogens (tertiary/aromatic N) is 1. The van der Waals surface area contributed by atoms with Crippen LogP contribution in [0.5, 0.6) is 0 Å². The molecule has 0 spiro atoms. The van der Waals surface area contributed by atoms with Crippen molar-refractivity contribution in [2.75, 3.05) is 18.9 Å². The van der Waals surface area contributed by atoms with E-state index in [0.717, 1.165) is 43.5 Å². The second kappa shape index (κ2) is 6.50.